The van der Waals surface area contributed by atoms with Crippen LogP contribution in [0.25, 0.3) is 0 Å². The summed E-state index contributed by atoms with van der Waals surface area (Å²) in [5, 5.41) is 5.68. The van der Waals surface area contributed by atoms with Gasteiger partial charge in [-0.15, -0.1) is 0 Å². The van der Waals surface area contributed by atoms with Gasteiger partial charge in [0, 0.05) is 44.5 Å². The molecule has 3 rings (SSSR count). The number of nitrogens with one attached hydrogen (secondary N) is 2. The lowest BCUT2D eigenvalue weighted by molar-refractivity contribution is -0.119. The predicted octanol–water partition coefficient (Wildman–Crippen LogP) is 3.75. The number of unbranched alkanes of at least 4 members (excludes halogenated alkanes) is 2. The summed E-state index contributed by atoms with van der Waals surface area (Å²) >= 11 is 0. The Kier molecular flexibility index (Phi) is 6.01. The van der Waals surface area contributed by atoms with Crippen molar-refractivity contribution in [3.8, 4) is 11.5 Å². The summed E-state index contributed by atoms with van der Waals surface area (Å²) in [7, 11) is 0. The molecule has 1 aliphatic carbocycles. The quantitative estimate of drug-likeness (QED) is 0.726. The van der Waals surface area contributed by atoms with Crippen molar-refractivity contribution in [2.75, 3.05) is 11.9 Å². The number of benzene rings is 1. The maximum Gasteiger partial charge on any atom is 0.251 e. The van der Waals surface area contributed by atoms with E-state index in [1.54, 1.807) is 0 Å². The maximum atomic E-state index is 12.1. The lowest BCUT2D eigenvalue weighted by Crippen LogP contribution is -2.40. The van der Waals surface area contributed by atoms with E-state index in [1.165, 1.54) is 13.3 Å². The van der Waals surface area contributed by atoms with E-state index in [0.29, 0.717) is 13.0 Å². The molecule has 2 aliphatic rings. The summed E-state index contributed by atoms with van der Waals surface area (Å²) < 4.78 is 12.1. The Bertz CT molecular complexity index is 653. The van der Waals surface area contributed by atoms with Crippen molar-refractivity contribution >= 4 is 17.5 Å². The van der Waals surface area contributed by atoms with Gasteiger partial charge >= 0.3 is 0 Å². The van der Waals surface area contributed by atoms with Crippen molar-refractivity contribution in [1.29, 1.82) is 0 Å². The minimum Gasteiger partial charge on any atom is -0.448 e. The first kappa shape index (κ1) is 18.5. The van der Waals surface area contributed by atoms with Gasteiger partial charge in [-0.3, -0.25) is 9.59 Å². The maximum absolute atomic E-state index is 12.1. The summed E-state index contributed by atoms with van der Waals surface area (Å²) in [6.45, 7) is 2.18. The van der Waals surface area contributed by atoms with Gasteiger partial charge in [-0.05, 0) is 37.8 Å². The normalized spacial score (nSPS) is 17.1. The largest absolute Gasteiger partial charge is 0.448 e. The average molecular weight is 360 g/mol. The Labute approximate surface area is 154 Å². The number of hydrogen-bond acceptors (Lipinski definition) is 4. The van der Waals surface area contributed by atoms with Crippen LogP contribution >= 0.6 is 0 Å². The van der Waals surface area contributed by atoms with Crippen LogP contribution in [0, 0.1) is 0 Å². The van der Waals surface area contributed by atoms with E-state index in [1.807, 2.05) is 18.2 Å². The molecule has 1 aromatic carbocycles. The molecule has 1 heterocycles. The molecule has 2 amide bonds. The molecule has 0 bridgehead atoms. The van der Waals surface area contributed by atoms with Crippen molar-refractivity contribution in [2.24, 2.45) is 0 Å². The second kappa shape index (κ2) is 8.43. The van der Waals surface area contributed by atoms with Crippen LogP contribution in [0.2, 0.25) is 0 Å². The molecule has 6 heteroatoms. The number of anilines is 1. The van der Waals surface area contributed by atoms with E-state index in [-0.39, 0.29) is 11.8 Å². The SMILES string of the molecule is CC(=O)NCCCCCC(=O)Nc1ccc2c(c1)OC1(CCCCC1)O2. The predicted molar refractivity (Wildman–Crippen MR) is 99.3 cm³/mol. The summed E-state index contributed by atoms with van der Waals surface area (Å²) in [6, 6.07) is 5.59. The summed E-state index contributed by atoms with van der Waals surface area (Å²) in [5.41, 5.74) is 0.739. The van der Waals surface area contributed by atoms with E-state index < -0.39 is 5.79 Å². The van der Waals surface area contributed by atoms with Gasteiger partial charge in [0.15, 0.2) is 11.5 Å². The van der Waals surface area contributed by atoms with Crippen molar-refractivity contribution < 1.29 is 19.1 Å². The van der Waals surface area contributed by atoms with Gasteiger partial charge in [-0.25, -0.2) is 0 Å². The number of rotatable bonds is 7. The molecule has 1 fully saturated rings. The van der Waals surface area contributed by atoms with Crippen LogP contribution in [-0.2, 0) is 9.59 Å². The van der Waals surface area contributed by atoms with E-state index >= 15 is 0 Å². The molecule has 0 aromatic heterocycles. The molecule has 6 nitrogen and oxygen atoms in total. The van der Waals surface area contributed by atoms with Gasteiger partial charge in [0.2, 0.25) is 11.8 Å². The number of ether oxygens (including phenoxy) is 2. The fourth-order valence-corrected chi connectivity index (χ4v) is 3.54. The van der Waals surface area contributed by atoms with Crippen molar-refractivity contribution in [3.63, 3.8) is 0 Å². The molecule has 0 unspecified atom stereocenters. The zero-order valence-corrected chi connectivity index (χ0v) is 15.4. The molecule has 142 valence electrons. The molecular formula is C20H28N2O4. The van der Waals surface area contributed by atoms with Crippen LogP contribution in [0.3, 0.4) is 0 Å². The third kappa shape index (κ3) is 4.90. The molecule has 0 atom stereocenters. The van der Waals surface area contributed by atoms with Crippen molar-refractivity contribution in [2.45, 2.75) is 70.5 Å². The second-order valence-electron chi connectivity index (χ2n) is 7.18. The Morgan fingerprint density at radius 1 is 1.04 bits per heavy atom. The number of fused-ring (bicyclic) bond motifs is 1. The monoisotopic (exact) mass is 360 g/mol. The minimum absolute atomic E-state index is 0.00391. The summed E-state index contributed by atoms with van der Waals surface area (Å²) in [4.78, 5) is 22.9. The number of hydrogen-bond donors (Lipinski definition) is 2. The molecule has 1 spiro atoms. The fraction of sp³-hybridized carbons (Fsp3) is 0.600. The summed E-state index contributed by atoms with van der Waals surface area (Å²) in [5.74, 6) is 0.983. The highest BCUT2D eigenvalue weighted by Gasteiger charge is 2.42. The van der Waals surface area contributed by atoms with E-state index in [4.69, 9.17) is 9.47 Å². The highest BCUT2D eigenvalue weighted by molar-refractivity contribution is 5.91. The highest BCUT2D eigenvalue weighted by Crippen LogP contribution is 2.46. The number of amides is 2. The fourth-order valence-electron chi connectivity index (χ4n) is 3.54. The molecule has 1 saturated carbocycles. The Hall–Kier alpha value is -2.24. The zero-order valence-electron chi connectivity index (χ0n) is 15.4. The van der Waals surface area contributed by atoms with Crippen molar-refractivity contribution in [1.82, 2.24) is 5.32 Å². The van der Waals surface area contributed by atoms with Gasteiger partial charge in [-0.1, -0.05) is 12.8 Å². The first-order valence-corrected chi connectivity index (χ1v) is 9.63. The van der Waals surface area contributed by atoms with Crippen LogP contribution < -0.4 is 20.1 Å². The lowest BCUT2D eigenvalue weighted by atomic mass is 9.94. The van der Waals surface area contributed by atoms with E-state index in [0.717, 1.165) is 62.1 Å². The molecular weight excluding hydrogens is 332 g/mol. The molecule has 0 radical (unpaired) electrons. The van der Waals surface area contributed by atoms with Gasteiger partial charge in [0.1, 0.15) is 0 Å². The Balaban J connectivity index is 1.43. The molecule has 1 aliphatic heterocycles. The van der Waals surface area contributed by atoms with E-state index in [9.17, 15) is 9.59 Å². The van der Waals surface area contributed by atoms with Gasteiger partial charge in [0.05, 0.1) is 0 Å². The van der Waals surface area contributed by atoms with Crippen LogP contribution in [0.1, 0.15) is 64.7 Å². The lowest BCUT2D eigenvalue weighted by Gasteiger charge is -2.31. The van der Waals surface area contributed by atoms with Crippen LogP contribution in [0.4, 0.5) is 5.69 Å². The van der Waals surface area contributed by atoms with Crippen LogP contribution in [-0.4, -0.2) is 24.1 Å². The first-order valence-electron chi connectivity index (χ1n) is 9.63. The Morgan fingerprint density at radius 2 is 1.81 bits per heavy atom. The van der Waals surface area contributed by atoms with Crippen LogP contribution in [0.5, 0.6) is 11.5 Å². The molecule has 2 N–H and O–H groups in total. The Morgan fingerprint density at radius 3 is 2.58 bits per heavy atom. The molecule has 0 saturated heterocycles. The van der Waals surface area contributed by atoms with Gasteiger partial charge in [0.25, 0.3) is 5.79 Å². The first-order chi connectivity index (χ1) is 12.6. The molecule has 1 aromatic rings. The van der Waals surface area contributed by atoms with Gasteiger partial charge in [-0.2, -0.15) is 0 Å². The second-order valence-corrected chi connectivity index (χ2v) is 7.18. The minimum atomic E-state index is -0.489. The topological polar surface area (TPSA) is 76.7 Å². The highest BCUT2D eigenvalue weighted by atomic mass is 16.7. The smallest absolute Gasteiger partial charge is 0.251 e. The number of carbonyl (C=O) groups is 2. The average Bonchev–Trinajstić information content (AvgIpc) is 2.95. The van der Waals surface area contributed by atoms with E-state index in [2.05, 4.69) is 10.6 Å². The number of carbonyl (C=O) groups excluding carboxylic acids is 2. The zero-order chi connectivity index (χ0) is 18.4. The van der Waals surface area contributed by atoms with Crippen LogP contribution in [0.15, 0.2) is 18.2 Å². The molecule has 26 heavy (non-hydrogen) atoms. The summed E-state index contributed by atoms with van der Waals surface area (Å²) in [6.07, 6.45) is 8.40. The van der Waals surface area contributed by atoms with Gasteiger partial charge < -0.3 is 20.1 Å². The standard InChI is InChI=1S/C20H28N2O4/c1-15(23)21-13-7-2-4-8-19(24)22-16-9-10-17-18(14-16)26-20(25-17)11-5-3-6-12-20/h9-10,14H,2-8,11-13H2,1H3,(H,21,23)(H,22,24). The third-order valence-corrected chi connectivity index (χ3v) is 4.89. The third-order valence-electron chi connectivity index (χ3n) is 4.89. The van der Waals surface area contributed by atoms with Crippen molar-refractivity contribution in [3.05, 3.63) is 18.2 Å².